The molecule has 0 unspecified atom stereocenters. The Kier molecular flexibility index (Phi) is 6.17. The van der Waals surface area contributed by atoms with Gasteiger partial charge in [-0.1, -0.05) is 71.9 Å². The van der Waals surface area contributed by atoms with E-state index in [0.717, 1.165) is 33.3 Å². The van der Waals surface area contributed by atoms with Gasteiger partial charge in [-0.25, -0.2) is 4.98 Å². The van der Waals surface area contributed by atoms with E-state index < -0.39 is 0 Å². The van der Waals surface area contributed by atoms with Crippen LogP contribution in [0.25, 0.3) is 27.6 Å². The van der Waals surface area contributed by atoms with E-state index >= 15 is 0 Å². The number of para-hydroxylation sites is 1. The second-order valence-corrected chi connectivity index (χ2v) is 9.71. The molecule has 2 aromatic heterocycles. The van der Waals surface area contributed by atoms with Crippen molar-refractivity contribution in [3.05, 3.63) is 99.3 Å². The molecule has 0 aliphatic rings. The number of benzene rings is 3. The van der Waals surface area contributed by atoms with Crippen LogP contribution >= 0.6 is 11.8 Å². The molecule has 0 aliphatic carbocycles. The number of fused-ring (bicyclic) bond motifs is 3. The molecule has 1 amide bonds. The molecule has 0 atom stereocenters. The third kappa shape index (κ3) is 4.59. The molecule has 35 heavy (non-hydrogen) atoms. The fourth-order valence-electron chi connectivity index (χ4n) is 4.10. The first-order valence-electron chi connectivity index (χ1n) is 11.5. The van der Waals surface area contributed by atoms with Gasteiger partial charge in [0.05, 0.1) is 11.4 Å². The highest BCUT2D eigenvalue weighted by atomic mass is 32.2. The first-order valence-corrected chi connectivity index (χ1v) is 12.5. The van der Waals surface area contributed by atoms with Gasteiger partial charge in [0.25, 0.3) is 5.56 Å². The summed E-state index contributed by atoms with van der Waals surface area (Å²) >= 11 is 1.27. The average molecular weight is 483 g/mol. The molecule has 0 spiro atoms. The van der Waals surface area contributed by atoms with Crippen LogP contribution in [0.2, 0.25) is 0 Å². The summed E-state index contributed by atoms with van der Waals surface area (Å²) in [5.74, 6) is 0.0353. The predicted molar refractivity (Wildman–Crippen MR) is 142 cm³/mol. The number of H-pyrrole nitrogens is 1. The standard InChI is InChI=1S/C28H26N4O2S/c1-17-9-12-20(13-10-17)15-29-24(33)16-35-28-31-25-21-6-4-5-7-22(21)30-26(25)27(34)32(28)23-14-18(2)8-11-19(23)3/h4-14,30H,15-16H2,1-3H3,(H,29,33). The Bertz CT molecular complexity index is 1620. The number of carbonyl (C=O) groups excluding carboxylic acids is 1. The van der Waals surface area contributed by atoms with Gasteiger partial charge in [0.1, 0.15) is 11.0 Å². The zero-order valence-corrected chi connectivity index (χ0v) is 20.7. The van der Waals surface area contributed by atoms with Crippen molar-refractivity contribution in [2.24, 2.45) is 0 Å². The summed E-state index contributed by atoms with van der Waals surface area (Å²) in [6, 6.07) is 21.8. The van der Waals surface area contributed by atoms with Crippen molar-refractivity contribution in [2.45, 2.75) is 32.5 Å². The largest absolute Gasteiger partial charge is 0.351 e. The van der Waals surface area contributed by atoms with Crippen LogP contribution in [0, 0.1) is 20.8 Å². The predicted octanol–water partition coefficient (Wildman–Crippen LogP) is 5.20. The molecule has 0 bridgehead atoms. The summed E-state index contributed by atoms with van der Waals surface area (Å²) in [5, 5.41) is 4.34. The second-order valence-electron chi connectivity index (χ2n) is 8.77. The number of carbonyl (C=O) groups is 1. The molecule has 0 radical (unpaired) electrons. The van der Waals surface area contributed by atoms with Crippen molar-refractivity contribution in [2.75, 3.05) is 5.75 Å². The molecule has 2 heterocycles. The number of nitrogens with one attached hydrogen (secondary N) is 2. The highest BCUT2D eigenvalue weighted by molar-refractivity contribution is 7.99. The normalized spacial score (nSPS) is 11.3. The Morgan fingerprint density at radius 3 is 2.54 bits per heavy atom. The average Bonchev–Trinajstić information content (AvgIpc) is 3.23. The Morgan fingerprint density at radius 2 is 1.74 bits per heavy atom. The zero-order chi connectivity index (χ0) is 24.5. The lowest BCUT2D eigenvalue weighted by Crippen LogP contribution is -2.26. The number of aromatic nitrogens is 3. The summed E-state index contributed by atoms with van der Waals surface area (Å²) in [5.41, 5.74) is 6.75. The van der Waals surface area contributed by atoms with Crippen molar-refractivity contribution in [1.82, 2.24) is 19.9 Å². The van der Waals surface area contributed by atoms with E-state index in [4.69, 9.17) is 4.98 Å². The molecule has 5 aromatic rings. The molecular formula is C28H26N4O2S. The van der Waals surface area contributed by atoms with E-state index in [-0.39, 0.29) is 17.2 Å². The van der Waals surface area contributed by atoms with E-state index in [9.17, 15) is 9.59 Å². The number of hydrogen-bond acceptors (Lipinski definition) is 4. The smallest absolute Gasteiger partial charge is 0.283 e. The molecular weight excluding hydrogens is 456 g/mol. The van der Waals surface area contributed by atoms with Crippen LogP contribution in [0.3, 0.4) is 0 Å². The Labute approximate surface area is 207 Å². The monoisotopic (exact) mass is 482 g/mol. The van der Waals surface area contributed by atoms with Crippen LogP contribution in [0.1, 0.15) is 22.3 Å². The van der Waals surface area contributed by atoms with Crippen LogP contribution in [0.15, 0.2) is 76.7 Å². The van der Waals surface area contributed by atoms with Gasteiger partial charge in [-0.05, 0) is 49.6 Å². The minimum Gasteiger partial charge on any atom is -0.351 e. The fraction of sp³-hybridized carbons (Fsp3) is 0.179. The van der Waals surface area contributed by atoms with Gasteiger partial charge in [0.15, 0.2) is 5.16 Å². The molecule has 2 N–H and O–H groups in total. The van der Waals surface area contributed by atoms with Crippen molar-refractivity contribution in [3.8, 4) is 5.69 Å². The lowest BCUT2D eigenvalue weighted by atomic mass is 10.1. The zero-order valence-electron chi connectivity index (χ0n) is 19.9. The molecule has 3 aromatic carbocycles. The number of hydrogen-bond donors (Lipinski definition) is 2. The summed E-state index contributed by atoms with van der Waals surface area (Å²) in [6.45, 7) is 6.46. The highest BCUT2D eigenvalue weighted by Crippen LogP contribution is 2.27. The maximum Gasteiger partial charge on any atom is 0.283 e. The first-order chi connectivity index (χ1) is 16.9. The van der Waals surface area contributed by atoms with Gasteiger partial charge in [-0.15, -0.1) is 0 Å². The molecule has 0 saturated carbocycles. The SMILES string of the molecule is Cc1ccc(CNC(=O)CSc2nc3c([nH]c4ccccc43)c(=O)n2-c2cc(C)ccc2C)cc1. The Hall–Kier alpha value is -3.84. The molecule has 7 heteroatoms. The topological polar surface area (TPSA) is 79.8 Å². The van der Waals surface area contributed by atoms with Crippen LogP contribution in [-0.2, 0) is 11.3 Å². The molecule has 0 fully saturated rings. The van der Waals surface area contributed by atoms with E-state index in [1.165, 1.54) is 17.3 Å². The van der Waals surface area contributed by atoms with Crippen LogP contribution in [0.5, 0.6) is 0 Å². The summed E-state index contributed by atoms with van der Waals surface area (Å²) < 4.78 is 1.62. The van der Waals surface area contributed by atoms with Crippen LogP contribution in [-0.4, -0.2) is 26.2 Å². The van der Waals surface area contributed by atoms with Gasteiger partial charge < -0.3 is 10.3 Å². The number of amides is 1. The number of aromatic amines is 1. The lowest BCUT2D eigenvalue weighted by Gasteiger charge is -2.15. The molecule has 6 nitrogen and oxygen atoms in total. The third-order valence-corrected chi connectivity index (χ3v) is 6.98. The van der Waals surface area contributed by atoms with Gasteiger partial charge in [0.2, 0.25) is 5.91 Å². The number of thioether (sulfide) groups is 1. The number of rotatable bonds is 6. The van der Waals surface area contributed by atoms with Crippen LogP contribution < -0.4 is 10.9 Å². The first kappa shape index (κ1) is 22.9. The maximum atomic E-state index is 13.7. The number of nitrogens with zero attached hydrogens (tertiary/aromatic N) is 2. The lowest BCUT2D eigenvalue weighted by molar-refractivity contribution is -0.118. The Balaban J connectivity index is 1.51. The van der Waals surface area contributed by atoms with E-state index in [0.29, 0.717) is 22.7 Å². The summed E-state index contributed by atoms with van der Waals surface area (Å²) in [7, 11) is 0. The van der Waals surface area contributed by atoms with Gasteiger partial charge >= 0.3 is 0 Å². The number of aryl methyl sites for hydroxylation is 3. The van der Waals surface area contributed by atoms with Gasteiger partial charge in [-0.2, -0.15) is 0 Å². The van der Waals surface area contributed by atoms with Crippen molar-refractivity contribution < 1.29 is 4.79 Å². The molecule has 0 saturated heterocycles. The third-order valence-electron chi connectivity index (χ3n) is 6.04. The summed E-state index contributed by atoms with van der Waals surface area (Å²) in [6.07, 6.45) is 0. The van der Waals surface area contributed by atoms with E-state index in [2.05, 4.69) is 10.3 Å². The fourth-order valence-corrected chi connectivity index (χ4v) is 4.93. The van der Waals surface area contributed by atoms with Gasteiger partial charge in [0, 0.05) is 17.4 Å². The van der Waals surface area contributed by atoms with E-state index in [1.807, 2.05) is 87.5 Å². The minimum absolute atomic E-state index is 0.114. The Morgan fingerprint density at radius 1 is 1.00 bits per heavy atom. The molecule has 176 valence electrons. The maximum absolute atomic E-state index is 13.7. The van der Waals surface area contributed by atoms with Crippen molar-refractivity contribution in [1.29, 1.82) is 0 Å². The summed E-state index contributed by atoms with van der Waals surface area (Å²) in [4.78, 5) is 34.6. The second kappa shape index (κ2) is 9.43. The molecule has 5 rings (SSSR count). The molecule has 0 aliphatic heterocycles. The van der Waals surface area contributed by atoms with Crippen molar-refractivity contribution >= 4 is 39.6 Å². The van der Waals surface area contributed by atoms with Crippen LogP contribution in [0.4, 0.5) is 0 Å². The van der Waals surface area contributed by atoms with E-state index in [1.54, 1.807) is 4.57 Å². The van der Waals surface area contributed by atoms with Crippen molar-refractivity contribution in [3.63, 3.8) is 0 Å². The van der Waals surface area contributed by atoms with Gasteiger partial charge in [-0.3, -0.25) is 14.2 Å². The minimum atomic E-state index is -0.178. The highest BCUT2D eigenvalue weighted by Gasteiger charge is 2.19. The quantitative estimate of drug-likeness (QED) is 0.258.